The Labute approximate surface area is 142 Å². The summed E-state index contributed by atoms with van der Waals surface area (Å²) in [6.45, 7) is 1.56. The van der Waals surface area contributed by atoms with Crippen LogP contribution in [0.25, 0.3) is 0 Å². The molecule has 5 nitrogen and oxygen atoms in total. The van der Waals surface area contributed by atoms with Crippen molar-refractivity contribution in [3.63, 3.8) is 0 Å². The van der Waals surface area contributed by atoms with Crippen molar-refractivity contribution in [1.82, 2.24) is 9.88 Å². The van der Waals surface area contributed by atoms with E-state index in [2.05, 4.69) is 11.1 Å². The van der Waals surface area contributed by atoms with Crippen LogP contribution < -0.4 is 9.47 Å². The number of piperidine rings is 1. The summed E-state index contributed by atoms with van der Waals surface area (Å²) in [6.07, 6.45) is 5.18. The van der Waals surface area contributed by atoms with Crippen molar-refractivity contribution >= 4 is 5.91 Å². The molecular weight excluding hydrogens is 304 g/mol. The first-order valence-corrected chi connectivity index (χ1v) is 8.21. The van der Waals surface area contributed by atoms with E-state index in [1.54, 1.807) is 31.6 Å². The highest BCUT2D eigenvalue weighted by atomic mass is 16.5. The molecule has 1 amide bonds. The molecule has 3 rings (SSSR count). The van der Waals surface area contributed by atoms with E-state index in [1.165, 1.54) is 5.56 Å². The van der Waals surface area contributed by atoms with Crippen molar-refractivity contribution in [2.24, 2.45) is 0 Å². The van der Waals surface area contributed by atoms with Crippen molar-refractivity contribution in [2.45, 2.75) is 18.8 Å². The highest BCUT2D eigenvalue weighted by Crippen LogP contribution is 2.33. The first-order valence-electron chi connectivity index (χ1n) is 8.21. The summed E-state index contributed by atoms with van der Waals surface area (Å²) in [5.74, 6) is 2.01. The Bertz CT molecular complexity index is 667. The molecule has 1 aromatic carbocycles. The number of ether oxygens (including phenoxy) is 2. The fourth-order valence-corrected chi connectivity index (χ4v) is 3.11. The van der Waals surface area contributed by atoms with E-state index in [-0.39, 0.29) is 12.5 Å². The van der Waals surface area contributed by atoms with Gasteiger partial charge in [-0.25, -0.2) is 0 Å². The molecule has 0 aliphatic carbocycles. The van der Waals surface area contributed by atoms with Crippen molar-refractivity contribution in [3.8, 4) is 11.5 Å². The number of likely N-dealkylation sites (tertiary alicyclic amines) is 1. The number of hydrogen-bond acceptors (Lipinski definition) is 4. The third-order valence-electron chi connectivity index (χ3n) is 4.42. The van der Waals surface area contributed by atoms with Gasteiger partial charge in [-0.3, -0.25) is 9.78 Å². The van der Waals surface area contributed by atoms with Crippen molar-refractivity contribution in [3.05, 3.63) is 54.4 Å². The van der Waals surface area contributed by atoms with Crippen LogP contribution in [0.15, 0.2) is 48.8 Å². The van der Waals surface area contributed by atoms with Crippen LogP contribution in [0, 0.1) is 0 Å². The zero-order valence-corrected chi connectivity index (χ0v) is 13.9. The molecule has 24 heavy (non-hydrogen) atoms. The predicted molar refractivity (Wildman–Crippen MR) is 91.3 cm³/mol. The Morgan fingerprint density at radius 3 is 2.71 bits per heavy atom. The first-order chi connectivity index (χ1) is 11.8. The summed E-state index contributed by atoms with van der Waals surface area (Å²) in [6, 6.07) is 11.7. The van der Waals surface area contributed by atoms with Crippen LogP contribution >= 0.6 is 0 Å². The SMILES string of the molecule is COc1ccccc1C1CCN(C(=O)COc2cccnc2)CC1. The van der Waals surface area contributed by atoms with Gasteiger partial charge in [-0.2, -0.15) is 0 Å². The van der Waals surface area contributed by atoms with E-state index >= 15 is 0 Å². The Kier molecular flexibility index (Phi) is 5.31. The minimum Gasteiger partial charge on any atom is -0.496 e. The number of benzene rings is 1. The molecular formula is C19H22N2O3. The molecule has 1 aromatic heterocycles. The molecule has 1 fully saturated rings. The fourth-order valence-electron chi connectivity index (χ4n) is 3.11. The highest BCUT2D eigenvalue weighted by molar-refractivity contribution is 5.77. The largest absolute Gasteiger partial charge is 0.496 e. The summed E-state index contributed by atoms with van der Waals surface area (Å²) in [7, 11) is 1.70. The Morgan fingerprint density at radius 2 is 2.00 bits per heavy atom. The minimum atomic E-state index is 0.0253. The standard InChI is InChI=1S/C19H22N2O3/c1-23-18-7-3-2-6-17(18)15-8-11-21(12-9-15)19(22)14-24-16-5-4-10-20-13-16/h2-7,10,13,15H,8-9,11-12,14H2,1H3. The molecule has 0 unspecified atom stereocenters. The second-order valence-electron chi connectivity index (χ2n) is 5.87. The number of nitrogens with zero attached hydrogens (tertiary/aromatic N) is 2. The van der Waals surface area contributed by atoms with Crippen LogP contribution in [-0.2, 0) is 4.79 Å². The lowest BCUT2D eigenvalue weighted by Gasteiger charge is -2.32. The zero-order chi connectivity index (χ0) is 16.8. The van der Waals surface area contributed by atoms with Gasteiger partial charge in [-0.1, -0.05) is 18.2 Å². The van der Waals surface area contributed by atoms with Gasteiger partial charge in [0.05, 0.1) is 13.3 Å². The van der Waals surface area contributed by atoms with Crippen molar-refractivity contribution in [1.29, 1.82) is 0 Å². The molecule has 1 aliphatic heterocycles. The molecule has 2 aromatic rings. The maximum absolute atomic E-state index is 12.3. The average Bonchev–Trinajstić information content (AvgIpc) is 2.67. The summed E-state index contributed by atoms with van der Waals surface area (Å²) >= 11 is 0. The molecule has 0 atom stereocenters. The maximum Gasteiger partial charge on any atom is 0.260 e. The molecule has 126 valence electrons. The third kappa shape index (κ3) is 3.85. The van der Waals surface area contributed by atoms with Gasteiger partial charge in [0.15, 0.2) is 6.61 Å². The second kappa shape index (κ2) is 7.81. The van der Waals surface area contributed by atoms with Crippen LogP contribution in [0.4, 0.5) is 0 Å². The Hall–Kier alpha value is -2.56. The summed E-state index contributed by atoms with van der Waals surface area (Å²) in [4.78, 5) is 18.1. The summed E-state index contributed by atoms with van der Waals surface area (Å²) in [5, 5.41) is 0. The lowest BCUT2D eigenvalue weighted by Crippen LogP contribution is -2.40. The van der Waals surface area contributed by atoms with Gasteiger partial charge in [0.25, 0.3) is 5.91 Å². The molecule has 1 saturated heterocycles. The quantitative estimate of drug-likeness (QED) is 0.848. The van der Waals surface area contributed by atoms with Gasteiger partial charge < -0.3 is 14.4 Å². The number of para-hydroxylation sites is 1. The van der Waals surface area contributed by atoms with E-state index in [1.807, 2.05) is 23.1 Å². The number of pyridine rings is 1. The van der Waals surface area contributed by atoms with Gasteiger partial charge in [0.1, 0.15) is 11.5 Å². The third-order valence-corrected chi connectivity index (χ3v) is 4.42. The summed E-state index contributed by atoms with van der Waals surface area (Å²) in [5.41, 5.74) is 1.23. The first kappa shape index (κ1) is 16.3. The van der Waals surface area contributed by atoms with E-state index in [4.69, 9.17) is 9.47 Å². The van der Waals surface area contributed by atoms with Crippen molar-refractivity contribution < 1.29 is 14.3 Å². The fraction of sp³-hybridized carbons (Fsp3) is 0.368. The Morgan fingerprint density at radius 1 is 1.21 bits per heavy atom. The zero-order valence-electron chi connectivity index (χ0n) is 13.9. The second-order valence-corrected chi connectivity index (χ2v) is 5.87. The number of hydrogen-bond donors (Lipinski definition) is 0. The molecule has 0 radical (unpaired) electrons. The molecule has 0 saturated carbocycles. The maximum atomic E-state index is 12.3. The molecule has 0 spiro atoms. The molecule has 0 N–H and O–H groups in total. The van der Waals surface area contributed by atoms with Crippen LogP contribution in [0.3, 0.4) is 0 Å². The number of carbonyl (C=O) groups is 1. The highest BCUT2D eigenvalue weighted by Gasteiger charge is 2.25. The van der Waals surface area contributed by atoms with Gasteiger partial charge in [0, 0.05) is 19.3 Å². The van der Waals surface area contributed by atoms with Gasteiger partial charge in [-0.05, 0) is 42.5 Å². The van der Waals surface area contributed by atoms with Crippen LogP contribution in [0.1, 0.15) is 24.3 Å². The van der Waals surface area contributed by atoms with Crippen LogP contribution in [0.5, 0.6) is 11.5 Å². The number of methoxy groups -OCH3 is 1. The molecule has 0 bridgehead atoms. The van der Waals surface area contributed by atoms with E-state index in [0.29, 0.717) is 11.7 Å². The van der Waals surface area contributed by atoms with Crippen LogP contribution in [0.2, 0.25) is 0 Å². The monoisotopic (exact) mass is 326 g/mol. The minimum absolute atomic E-state index is 0.0253. The topological polar surface area (TPSA) is 51.7 Å². The number of amides is 1. The van der Waals surface area contributed by atoms with Crippen LogP contribution in [-0.4, -0.2) is 42.6 Å². The van der Waals surface area contributed by atoms with Gasteiger partial charge >= 0.3 is 0 Å². The lowest BCUT2D eigenvalue weighted by atomic mass is 9.89. The number of carbonyl (C=O) groups excluding carboxylic acids is 1. The van der Waals surface area contributed by atoms with Gasteiger partial charge in [-0.15, -0.1) is 0 Å². The van der Waals surface area contributed by atoms with E-state index < -0.39 is 0 Å². The van der Waals surface area contributed by atoms with Crippen molar-refractivity contribution in [2.75, 3.05) is 26.8 Å². The van der Waals surface area contributed by atoms with E-state index in [9.17, 15) is 4.79 Å². The van der Waals surface area contributed by atoms with E-state index in [0.717, 1.165) is 31.7 Å². The average molecular weight is 326 g/mol. The Balaban J connectivity index is 1.52. The molecule has 5 heteroatoms. The number of rotatable bonds is 5. The summed E-state index contributed by atoms with van der Waals surface area (Å²) < 4.78 is 10.9. The lowest BCUT2D eigenvalue weighted by molar-refractivity contribution is -0.134. The molecule has 2 heterocycles. The normalized spacial score (nSPS) is 15.1. The smallest absolute Gasteiger partial charge is 0.260 e. The number of aromatic nitrogens is 1. The predicted octanol–water partition coefficient (Wildman–Crippen LogP) is 2.88. The van der Waals surface area contributed by atoms with Gasteiger partial charge in [0.2, 0.25) is 0 Å². The molecule has 1 aliphatic rings.